The van der Waals surface area contributed by atoms with Crippen LogP contribution in [0.4, 0.5) is 0 Å². The second-order valence-electron chi connectivity index (χ2n) is 9.05. The van der Waals surface area contributed by atoms with Crippen molar-refractivity contribution in [2.45, 2.75) is 26.2 Å². The first-order chi connectivity index (χ1) is 15.8. The van der Waals surface area contributed by atoms with E-state index in [0.717, 1.165) is 27.8 Å². The fourth-order valence-corrected chi connectivity index (χ4v) is 4.92. The molecule has 4 aromatic rings. The summed E-state index contributed by atoms with van der Waals surface area (Å²) in [5.74, 6) is 0.162. The molecule has 0 saturated heterocycles. The van der Waals surface area contributed by atoms with E-state index in [1.807, 2.05) is 30.3 Å². The molecule has 1 N–H and O–H groups in total. The normalized spacial score (nSPS) is 14.0. The number of halogens is 1. The fourth-order valence-electron chi connectivity index (χ4n) is 4.83. The van der Waals surface area contributed by atoms with Crippen LogP contribution in [0.3, 0.4) is 0 Å². The van der Waals surface area contributed by atoms with Crippen LogP contribution >= 0.6 is 11.6 Å². The topological polar surface area (TPSA) is 36.2 Å². The van der Waals surface area contributed by atoms with Crippen LogP contribution in [0.5, 0.6) is 0 Å². The Balaban J connectivity index is 1.68. The molecule has 0 saturated carbocycles. The van der Waals surface area contributed by atoms with E-state index in [0.29, 0.717) is 5.17 Å². The van der Waals surface area contributed by atoms with Crippen molar-refractivity contribution in [2.24, 2.45) is 4.99 Å². The minimum Gasteiger partial charge on any atom is -0.282 e. The van der Waals surface area contributed by atoms with Crippen molar-refractivity contribution in [3.05, 3.63) is 108 Å². The molecular weight excluding hydrogens is 424 g/mol. The molecule has 0 spiro atoms. The Hall–Kier alpha value is -3.49. The third-order valence-corrected chi connectivity index (χ3v) is 6.58. The van der Waals surface area contributed by atoms with Crippen molar-refractivity contribution >= 4 is 22.6 Å². The first-order valence-corrected chi connectivity index (χ1v) is 11.5. The first kappa shape index (κ1) is 21.4. The minimum atomic E-state index is -0.0610. The van der Waals surface area contributed by atoms with Crippen LogP contribution in [0.15, 0.2) is 96.0 Å². The zero-order chi connectivity index (χ0) is 23.2. The van der Waals surface area contributed by atoms with E-state index < -0.39 is 0 Å². The molecule has 162 valence electrons. The summed E-state index contributed by atoms with van der Waals surface area (Å²) in [6.45, 7) is 6.28. The van der Waals surface area contributed by atoms with Crippen molar-refractivity contribution < 1.29 is 0 Å². The van der Waals surface area contributed by atoms with Crippen molar-refractivity contribution in [2.75, 3.05) is 0 Å². The van der Waals surface area contributed by atoms with Crippen molar-refractivity contribution in [1.82, 2.24) is 0 Å². The van der Waals surface area contributed by atoms with Gasteiger partial charge in [0.05, 0.1) is 0 Å². The number of fused-ring (bicyclic) bond motifs is 3. The zero-order valence-electron chi connectivity index (χ0n) is 19.0. The van der Waals surface area contributed by atoms with Gasteiger partial charge in [0, 0.05) is 11.0 Å². The molecule has 3 heteroatoms. The van der Waals surface area contributed by atoms with Crippen LogP contribution < -0.4 is 0 Å². The second-order valence-corrected chi connectivity index (χ2v) is 9.60. The van der Waals surface area contributed by atoms with Crippen LogP contribution in [-0.2, 0) is 5.41 Å². The lowest BCUT2D eigenvalue weighted by Crippen LogP contribution is -2.14. The lowest BCUT2D eigenvalue weighted by atomic mass is 9.81. The average Bonchev–Trinajstić information content (AvgIpc) is 3.05. The molecular formula is C30H25ClN2. The molecule has 0 unspecified atom stereocenters. The van der Waals surface area contributed by atoms with E-state index in [4.69, 9.17) is 17.0 Å². The van der Waals surface area contributed by atoms with Gasteiger partial charge in [-0.05, 0) is 75.7 Å². The van der Waals surface area contributed by atoms with E-state index >= 15 is 0 Å². The van der Waals surface area contributed by atoms with Crippen LogP contribution in [0.1, 0.15) is 37.5 Å². The Morgan fingerprint density at radius 2 is 1.33 bits per heavy atom. The van der Waals surface area contributed by atoms with Crippen molar-refractivity contribution in [3.63, 3.8) is 0 Å². The Kier molecular flexibility index (Phi) is 5.26. The maximum Gasteiger partial charge on any atom is 0.153 e. The Morgan fingerprint density at radius 3 is 2.06 bits per heavy atom. The standard InChI is InChI=1S/C30H25ClN2/c1-19(31)33-29(32)24-16-22(20-9-5-4-6-10-20)15-23(17-24)21-13-14-26-25-11-7-8-12-27(25)30(2,3)28(26)18-21/h4-18,32H,1-3H3/b32-29?,33-19+. The summed E-state index contributed by atoms with van der Waals surface area (Å²) in [5.41, 5.74) is 10.4. The summed E-state index contributed by atoms with van der Waals surface area (Å²) in [4.78, 5) is 4.19. The summed E-state index contributed by atoms with van der Waals surface area (Å²) < 4.78 is 0. The predicted octanol–water partition coefficient (Wildman–Crippen LogP) is 8.31. The molecule has 4 aromatic carbocycles. The van der Waals surface area contributed by atoms with Gasteiger partial charge in [-0.25, -0.2) is 4.99 Å². The average molecular weight is 449 g/mol. The van der Waals surface area contributed by atoms with Crippen molar-refractivity contribution in [3.8, 4) is 33.4 Å². The molecule has 0 atom stereocenters. The summed E-state index contributed by atoms with van der Waals surface area (Å²) in [6.07, 6.45) is 0. The van der Waals surface area contributed by atoms with Crippen LogP contribution in [0.2, 0.25) is 0 Å². The summed E-state index contributed by atoms with van der Waals surface area (Å²) >= 11 is 5.98. The van der Waals surface area contributed by atoms with E-state index in [1.165, 1.54) is 22.3 Å². The third kappa shape index (κ3) is 3.81. The van der Waals surface area contributed by atoms with Crippen LogP contribution in [0.25, 0.3) is 33.4 Å². The molecule has 33 heavy (non-hydrogen) atoms. The van der Waals surface area contributed by atoms with Gasteiger partial charge in [-0.2, -0.15) is 0 Å². The zero-order valence-corrected chi connectivity index (χ0v) is 19.7. The smallest absolute Gasteiger partial charge is 0.153 e. The van der Waals surface area contributed by atoms with E-state index in [-0.39, 0.29) is 11.3 Å². The van der Waals surface area contributed by atoms with Crippen LogP contribution in [-0.4, -0.2) is 11.0 Å². The number of amidine groups is 1. The molecule has 0 bridgehead atoms. The van der Waals surface area contributed by atoms with Gasteiger partial charge in [0.25, 0.3) is 0 Å². The van der Waals surface area contributed by atoms with Gasteiger partial charge in [0.2, 0.25) is 0 Å². The molecule has 0 aliphatic heterocycles. The molecule has 0 aromatic heterocycles. The monoisotopic (exact) mass is 448 g/mol. The molecule has 0 radical (unpaired) electrons. The number of hydrogen-bond acceptors (Lipinski definition) is 1. The molecule has 2 nitrogen and oxygen atoms in total. The third-order valence-electron chi connectivity index (χ3n) is 6.50. The van der Waals surface area contributed by atoms with Gasteiger partial charge in [-0.3, -0.25) is 5.41 Å². The summed E-state index contributed by atoms with van der Waals surface area (Å²) in [7, 11) is 0. The lowest BCUT2D eigenvalue weighted by Gasteiger charge is -2.22. The van der Waals surface area contributed by atoms with E-state index in [1.54, 1.807) is 6.92 Å². The Morgan fingerprint density at radius 1 is 0.697 bits per heavy atom. The number of rotatable bonds is 3. The lowest BCUT2D eigenvalue weighted by molar-refractivity contribution is 0.660. The molecule has 1 aliphatic rings. The number of nitrogens with zero attached hydrogens (tertiary/aromatic N) is 1. The van der Waals surface area contributed by atoms with E-state index in [2.05, 4.69) is 79.5 Å². The highest BCUT2D eigenvalue weighted by Gasteiger charge is 2.35. The highest BCUT2D eigenvalue weighted by molar-refractivity contribution is 6.65. The highest BCUT2D eigenvalue weighted by atomic mass is 35.5. The van der Waals surface area contributed by atoms with Gasteiger partial charge in [0.15, 0.2) is 5.84 Å². The van der Waals surface area contributed by atoms with Gasteiger partial charge < -0.3 is 0 Å². The number of nitrogens with one attached hydrogen (secondary N) is 1. The fraction of sp³-hybridized carbons (Fsp3) is 0.133. The number of aliphatic imine (C=N–C) groups is 1. The predicted molar refractivity (Wildman–Crippen MR) is 141 cm³/mol. The Labute approximate surface area is 200 Å². The summed E-state index contributed by atoms with van der Waals surface area (Å²) in [5, 5.41) is 8.83. The molecule has 0 fully saturated rings. The van der Waals surface area contributed by atoms with E-state index in [9.17, 15) is 0 Å². The Bertz CT molecular complexity index is 1410. The molecule has 0 heterocycles. The van der Waals surface area contributed by atoms with Crippen LogP contribution in [0, 0.1) is 5.41 Å². The maximum atomic E-state index is 8.48. The molecule has 1 aliphatic carbocycles. The second kappa shape index (κ2) is 8.13. The van der Waals surface area contributed by atoms with Gasteiger partial charge >= 0.3 is 0 Å². The quantitative estimate of drug-likeness (QED) is 0.241. The molecule has 0 amide bonds. The SMILES string of the molecule is C/C(Cl)=N\C(=N)c1cc(-c2ccccc2)cc(-c2ccc3c(c2)C(C)(C)c2ccccc2-3)c1. The van der Waals surface area contributed by atoms with Gasteiger partial charge in [-0.15, -0.1) is 0 Å². The number of hydrogen-bond donors (Lipinski definition) is 1. The van der Waals surface area contributed by atoms with Gasteiger partial charge in [-0.1, -0.05) is 92.2 Å². The molecule has 5 rings (SSSR count). The first-order valence-electron chi connectivity index (χ1n) is 11.1. The minimum absolute atomic E-state index is 0.0610. The largest absolute Gasteiger partial charge is 0.282 e. The summed E-state index contributed by atoms with van der Waals surface area (Å²) in [6, 6.07) is 31.9. The maximum absolute atomic E-state index is 8.48. The highest BCUT2D eigenvalue weighted by Crippen LogP contribution is 2.49. The van der Waals surface area contributed by atoms with Gasteiger partial charge in [0.1, 0.15) is 5.17 Å². The van der Waals surface area contributed by atoms with Crippen molar-refractivity contribution in [1.29, 1.82) is 5.41 Å². The number of benzene rings is 4.